The first-order valence-electron chi connectivity index (χ1n) is 6.99. The highest BCUT2D eigenvalue weighted by molar-refractivity contribution is 5.65. The molecule has 0 heterocycles. The van der Waals surface area contributed by atoms with Gasteiger partial charge in [-0.3, -0.25) is 0 Å². The van der Waals surface area contributed by atoms with Crippen LogP contribution in [0.5, 0.6) is 0 Å². The zero-order valence-corrected chi connectivity index (χ0v) is 10.8. The number of hydrogen-bond donors (Lipinski definition) is 0. The molecule has 0 aromatic heterocycles. The van der Waals surface area contributed by atoms with Crippen LogP contribution < -0.4 is 0 Å². The van der Waals surface area contributed by atoms with Gasteiger partial charge in [0.1, 0.15) is 6.29 Å². The normalized spacial score (nSPS) is 26.6. The van der Waals surface area contributed by atoms with E-state index < -0.39 is 0 Å². The molecule has 2 aromatic carbocycles. The SMILES string of the molecule is O=CCC12CCC(c3ccccc31)c1ccccc12. The van der Waals surface area contributed by atoms with E-state index in [0.717, 1.165) is 12.7 Å². The Bertz CT molecular complexity index is 609. The lowest BCUT2D eigenvalue weighted by atomic mass is 9.54. The quantitative estimate of drug-likeness (QED) is 0.739. The molecular weight excluding hydrogens is 232 g/mol. The Morgan fingerprint density at radius 3 is 2.16 bits per heavy atom. The third-order valence-corrected chi connectivity index (χ3v) is 5.00. The number of carbonyl (C=O) groups excluding carboxylic acids is 1. The molecule has 0 radical (unpaired) electrons. The molecule has 0 saturated heterocycles. The van der Waals surface area contributed by atoms with Gasteiger partial charge in [0.15, 0.2) is 0 Å². The van der Waals surface area contributed by atoms with Crippen molar-refractivity contribution in [2.45, 2.75) is 30.6 Å². The lowest BCUT2D eigenvalue weighted by Gasteiger charge is -2.48. The van der Waals surface area contributed by atoms with E-state index in [2.05, 4.69) is 48.5 Å². The van der Waals surface area contributed by atoms with Gasteiger partial charge < -0.3 is 4.79 Å². The number of hydrogen-bond acceptors (Lipinski definition) is 1. The van der Waals surface area contributed by atoms with Crippen LogP contribution in [0.4, 0.5) is 0 Å². The summed E-state index contributed by atoms with van der Waals surface area (Å²) in [5.74, 6) is 0.529. The summed E-state index contributed by atoms with van der Waals surface area (Å²) < 4.78 is 0. The number of fused-ring (bicyclic) bond motifs is 1. The fourth-order valence-electron chi connectivity index (χ4n) is 4.22. The second-order valence-corrected chi connectivity index (χ2v) is 5.72. The lowest BCUT2D eigenvalue weighted by Crippen LogP contribution is -2.40. The van der Waals surface area contributed by atoms with Gasteiger partial charge in [0.25, 0.3) is 0 Å². The van der Waals surface area contributed by atoms with Crippen molar-refractivity contribution in [3.05, 3.63) is 70.8 Å². The van der Waals surface area contributed by atoms with E-state index in [1.807, 2.05) is 0 Å². The Morgan fingerprint density at radius 1 is 1.00 bits per heavy atom. The van der Waals surface area contributed by atoms with Crippen molar-refractivity contribution in [1.82, 2.24) is 0 Å². The molecule has 1 nitrogen and oxygen atoms in total. The highest BCUT2D eigenvalue weighted by Gasteiger charge is 2.47. The molecule has 0 saturated carbocycles. The first kappa shape index (κ1) is 11.0. The summed E-state index contributed by atoms with van der Waals surface area (Å²) in [6, 6.07) is 17.4. The topological polar surface area (TPSA) is 17.1 Å². The van der Waals surface area contributed by atoms with Gasteiger partial charge in [0, 0.05) is 17.8 Å². The Balaban J connectivity index is 2.07. The molecule has 0 unspecified atom stereocenters. The molecule has 1 heteroatoms. The second-order valence-electron chi connectivity index (χ2n) is 5.72. The van der Waals surface area contributed by atoms with Crippen LogP contribution in [0.15, 0.2) is 48.5 Å². The van der Waals surface area contributed by atoms with Gasteiger partial charge in [-0.1, -0.05) is 48.5 Å². The molecule has 0 amide bonds. The minimum atomic E-state index is -0.0658. The largest absolute Gasteiger partial charge is 0.303 e. The third-order valence-electron chi connectivity index (χ3n) is 5.00. The first-order valence-corrected chi connectivity index (χ1v) is 6.99. The molecule has 19 heavy (non-hydrogen) atoms. The fraction of sp³-hybridized carbons (Fsp3) is 0.278. The van der Waals surface area contributed by atoms with E-state index in [1.165, 1.54) is 28.7 Å². The maximum atomic E-state index is 11.3. The van der Waals surface area contributed by atoms with Crippen LogP contribution in [0, 0.1) is 0 Å². The average molecular weight is 248 g/mol. The monoisotopic (exact) mass is 248 g/mol. The molecule has 2 aromatic rings. The third kappa shape index (κ3) is 1.28. The maximum absolute atomic E-state index is 11.3. The molecule has 94 valence electrons. The van der Waals surface area contributed by atoms with E-state index in [1.54, 1.807) is 0 Å². The van der Waals surface area contributed by atoms with E-state index in [4.69, 9.17) is 0 Å². The van der Waals surface area contributed by atoms with Gasteiger partial charge in [0.05, 0.1) is 0 Å². The zero-order valence-electron chi connectivity index (χ0n) is 10.8. The lowest BCUT2D eigenvalue weighted by molar-refractivity contribution is -0.108. The highest BCUT2D eigenvalue weighted by atomic mass is 16.1. The van der Waals surface area contributed by atoms with Crippen molar-refractivity contribution in [1.29, 1.82) is 0 Å². The Hall–Kier alpha value is -1.89. The number of benzene rings is 2. The predicted molar refractivity (Wildman–Crippen MR) is 75.4 cm³/mol. The molecule has 3 aliphatic rings. The minimum absolute atomic E-state index is 0.0658. The standard InChI is InChI=1S/C18H16O/c19-12-11-18-10-9-13(14-5-1-3-7-16(14)18)15-6-2-4-8-17(15)18/h1-8,12-13H,9-11H2. The van der Waals surface area contributed by atoms with Crippen LogP contribution in [0.2, 0.25) is 0 Å². The van der Waals surface area contributed by atoms with Crippen molar-refractivity contribution in [2.24, 2.45) is 0 Å². The molecular formula is C18H16O. The summed E-state index contributed by atoms with van der Waals surface area (Å²) in [6.07, 6.45) is 3.97. The van der Waals surface area contributed by atoms with Gasteiger partial charge in [-0.05, 0) is 35.1 Å². The van der Waals surface area contributed by atoms with Crippen molar-refractivity contribution < 1.29 is 4.79 Å². The second kappa shape index (κ2) is 3.80. The zero-order chi connectivity index (χ0) is 12.9. The van der Waals surface area contributed by atoms with Crippen molar-refractivity contribution in [2.75, 3.05) is 0 Å². The predicted octanol–water partition coefficient (Wildman–Crippen LogP) is 3.80. The number of aldehydes is 1. The number of carbonyl (C=O) groups is 1. The van der Waals surface area contributed by atoms with Crippen molar-refractivity contribution in [3.8, 4) is 0 Å². The Labute approximate surface area is 113 Å². The Morgan fingerprint density at radius 2 is 1.58 bits per heavy atom. The molecule has 0 N–H and O–H groups in total. The first-order chi connectivity index (χ1) is 9.37. The molecule has 3 aliphatic carbocycles. The van der Waals surface area contributed by atoms with Crippen LogP contribution >= 0.6 is 0 Å². The van der Waals surface area contributed by atoms with Crippen LogP contribution in [0.25, 0.3) is 0 Å². The van der Waals surface area contributed by atoms with Gasteiger partial charge >= 0.3 is 0 Å². The van der Waals surface area contributed by atoms with Crippen LogP contribution in [0.1, 0.15) is 47.4 Å². The van der Waals surface area contributed by atoms with Crippen molar-refractivity contribution >= 4 is 6.29 Å². The molecule has 0 aliphatic heterocycles. The van der Waals surface area contributed by atoms with E-state index in [9.17, 15) is 4.79 Å². The van der Waals surface area contributed by atoms with Gasteiger partial charge in [0.2, 0.25) is 0 Å². The highest BCUT2D eigenvalue weighted by Crippen LogP contribution is 2.57. The Kier molecular flexibility index (Phi) is 2.20. The van der Waals surface area contributed by atoms with Gasteiger partial charge in [-0.25, -0.2) is 0 Å². The number of rotatable bonds is 2. The van der Waals surface area contributed by atoms with E-state index >= 15 is 0 Å². The summed E-state index contributed by atoms with van der Waals surface area (Å²) >= 11 is 0. The van der Waals surface area contributed by atoms with Crippen molar-refractivity contribution in [3.63, 3.8) is 0 Å². The average Bonchev–Trinajstić information content (AvgIpc) is 2.49. The molecule has 0 atom stereocenters. The molecule has 5 rings (SSSR count). The molecule has 2 bridgehead atoms. The van der Waals surface area contributed by atoms with Crippen LogP contribution in [0.3, 0.4) is 0 Å². The van der Waals surface area contributed by atoms with Crippen LogP contribution in [-0.2, 0) is 10.2 Å². The summed E-state index contributed by atoms with van der Waals surface area (Å²) in [4.78, 5) is 11.3. The summed E-state index contributed by atoms with van der Waals surface area (Å²) in [6.45, 7) is 0. The van der Waals surface area contributed by atoms with E-state index in [-0.39, 0.29) is 5.41 Å². The smallest absolute Gasteiger partial charge is 0.121 e. The summed E-state index contributed by atoms with van der Waals surface area (Å²) in [5, 5.41) is 0. The van der Waals surface area contributed by atoms with Crippen LogP contribution in [-0.4, -0.2) is 6.29 Å². The molecule has 0 fully saturated rings. The van der Waals surface area contributed by atoms with Gasteiger partial charge in [-0.15, -0.1) is 0 Å². The summed E-state index contributed by atoms with van der Waals surface area (Å²) in [5.41, 5.74) is 5.58. The minimum Gasteiger partial charge on any atom is -0.303 e. The van der Waals surface area contributed by atoms with Gasteiger partial charge in [-0.2, -0.15) is 0 Å². The summed E-state index contributed by atoms with van der Waals surface area (Å²) in [7, 11) is 0. The molecule has 0 spiro atoms. The van der Waals surface area contributed by atoms with E-state index in [0.29, 0.717) is 12.3 Å². The fourth-order valence-corrected chi connectivity index (χ4v) is 4.22. The maximum Gasteiger partial charge on any atom is 0.121 e.